The van der Waals surface area contributed by atoms with Gasteiger partial charge in [-0.05, 0) is 54.8 Å². The molecule has 6 nitrogen and oxygen atoms in total. The largest absolute Gasteiger partial charge is 0.335 e. The molecule has 0 saturated heterocycles. The Morgan fingerprint density at radius 2 is 2.15 bits per heavy atom. The van der Waals surface area contributed by atoms with Crippen molar-refractivity contribution < 1.29 is 4.79 Å². The lowest BCUT2D eigenvalue weighted by molar-refractivity contribution is -0.130. The molecule has 0 atom stereocenters. The average molecular weight is 394 g/mol. The lowest BCUT2D eigenvalue weighted by Gasteiger charge is -2.27. The van der Waals surface area contributed by atoms with Gasteiger partial charge in [0, 0.05) is 17.6 Å². The zero-order valence-corrected chi connectivity index (χ0v) is 16.7. The molecule has 0 N–H and O–H groups in total. The van der Waals surface area contributed by atoms with Gasteiger partial charge in [-0.25, -0.2) is 4.68 Å². The first kappa shape index (κ1) is 19.2. The fraction of sp³-hybridized carbons (Fsp3) is 0.556. The van der Waals surface area contributed by atoms with Crippen LogP contribution in [0.15, 0.2) is 29.4 Å². The molecule has 1 heterocycles. The van der Waals surface area contributed by atoms with Gasteiger partial charge >= 0.3 is 0 Å². The maximum absolute atomic E-state index is 12.8. The highest BCUT2D eigenvalue weighted by Crippen LogP contribution is 2.31. The Bertz CT molecular complexity index is 745. The van der Waals surface area contributed by atoms with Crippen LogP contribution in [-0.2, 0) is 11.3 Å². The second kappa shape index (κ2) is 8.86. The third-order valence-electron chi connectivity index (χ3n) is 4.64. The molecule has 1 aromatic heterocycles. The zero-order valence-electron chi connectivity index (χ0n) is 15.1. The number of benzene rings is 1. The van der Waals surface area contributed by atoms with Crippen molar-refractivity contribution in [3.63, 3.8) is 0 Å². The van der Waals surface area contributed by atoms with Crippen LogP contribution < -0.4 is 0 Å². The number of hydrogen-bond donors (Lipinski definition) is 0. The fourth-order valence-corrected chi connectivity index (χ4v) is 4.30. The molecule has 1 aromatic carbocycles. The van der Waals surface area contributed by atoms with Crippen molar-refractivity contribution in [2.45, 2.75) is 63.3 Å². The molecule has 1 aliphatic rings. The summed E-state index contributed by atoms with van der Waals surface area (Å²) in [5.41, 5.74) is 1.03. The topological polar surface area (TPSA) is 63.9 Å². The maximum atomic E-state index is 12.8. The van der Waals surface area contributed by atoms with Gasteiger partial charge in [0.25, 0.3) is 0 Å². The normalized spacial score (nSPS) is 14.9. The first-order valence-corrected chi connectivity index (χ1v) is 10.4. The molecule has 1 fully saturated rings. The number of aromatic nitrogens is 4. The van der Waals surface area contributed by atoms with Crippen molar-refractivity contribution in [1.29, 1.82) is 0 Å². The number of thioether (sulfide) groups is 1. The molecule has 8 heteroatoms. The summed E-state index contributed by atoms with van der Waals surface area (Å²) in [7, 11) is 0. The molecule has 0 aliphatic heterocycles. The molecule has 1 aliphatic carbocycles. The number of rotatable bonds is 7. The summed E-state index contributed by atoms with van der Waals surface area (Å²) in [4.78, 5) is 14.7. The van der Waals surface area contributed by atoms with Crippen LogP contribution in [0.3, 0.4) is 0 Å². The maximum Gasteiger partial charge on any atom is 0.233 e. The Morgan fingerprint density at radius 1 is 1.38 bits per heavy atom. The Balaban J connectivity index is 1.63. The van der Waals surface area contributed by atoms with E-state index in [2.05, 4.69) is 15.5 Å². The Morgan fingerprint density at radius 3 is 2.85 bits per heavy atom. The van der Waals surface area contributed by atoms with Crippen molar-refractivity contribution in [3.05, 3.63) is 34.9 Å². The molecule has 0 unspecified atom stereocenters. The Labute approximate surface area is 163 Å². The van der Waals surface area contributed by atoms with E-state index in [1.165, 1.54) is 24.6 Å². The third-order valence-corrected chi connectivity index (χ3v) is 5.80. The van der Waals surface area contributed by atoms with Crippen LogP contribution in [0.5, 0.6) is 0 Å². The summed E-state index contributed by atoms with van der Waals surface area (Å²) in [6.45, 7) is 4.59. The number of carbonyl (C=O) groups excluding carboxylic acids is 1. The minimum Gasteiger partial charge on any atom is -0.335 e. The van der Waals surface area contributed by atoms with E-state index >= 15 is 0 Å². The molecule has 1 saturated carbocycles. The molecular formula is C18H24ClN5OS. The highest BCUT2D eigenvalue weighted by atomic mass is 35.5. The van der Waals surface area contributed by atoms with Gasteiger partial charge in [-0.15, -0.1) is 5.10 Å². The van der Waals surface area contributed by atoms with Gasteiger partial charge in [0.15, 0.2) is 0 Å². The number of hydrogen-bond acceptors (Lipinski definition) is 5. The van der Waals surface area contributed by atoms with Crippen molar-refractivity contribution >= 4 is 29.3 Å². The SMILES string of the molecule is CC(C)N(Cc1cccc(Cl)c1)C(=O)CSc1nnnn1C1CCCC1. The summed E-state index contributed by atoms with van der Waals surface area (Å²) in [5, 5.41) is 13.5. The summed E-state index contributed by atoms with van der Waals surface area (Å²) >= 11 is 7.48. The minimum absolute atomic E-state index is 0.0750. The molecule has 140 valence electrons. The van der Waals surface area contributed by atoms with Gasteiger partial charge in [0.1, 0.15) is 0 Å². The molecule has 2 aromatic rings. The van der Waals surface area contributed by atoms with Gasteiger partial charge in [0.05, 0.1) is 11.8 Å². The van der Waals surface area contributed by atoms with E-state index in [1.807, 2.05) is 47.7 Å². The molecule has 1 amide bonds. The summed E-state index contributed by atoms with van der Waals surface area (Å²) in [6, 6.07) is 8.11. The molecule has 3 rings (SSSR count). The van der Waals surface area contributed by atoms with E-state index in [0.717, 1.165) is 23.6 Å². The van der Waals surface area contributed by atoms with Crippen molar-refractivity contribution in [1.82, 2.24) is 25.1 Å². The Hall–Kier alpha value is -1.60. The van der Waals surface area contributed by atoms with Crippen LogP contribution in [0.2, 0.25) is 5.02 Å². The smallest absolute Gasteiger partial charge is 0.233 e. The van der Waals surface area contributed by atoms with E-state index in [0.29, 0.717) is 23.4 Å². The van der Waals surface area contributed by atoms with Crippen LogP contribution >= 0.6 is 23.4 Å². The number of amides is 1. The fourth-order valence-electron chi connectivity index (χ4n) is 3.26. The number of halogens is 1. The molecule has 0 radical (unpaired) electrons. The average Bonchev–Trinajstić information content (AvgIpc) is 3.28. The first-order chi connectivity index (χ1) is 12.5. The second-order valence-corrected chi connectivity index (χ2v) is 8.26. The van der Waals surface area contributed by atoms with E-state index in [4.69, 9.17) is 11.6 Å². The third kappa shape index (κ3) is 4.76. The second-order valence-electron chi connectivity index (χ2n) is 6.88. The number of carbonyl (C=O) groups is 1. The van der Waals surface area contributed by atoms with Crippen molar-refractivity contribution in [3.8, 4) is 0 Å². The lowest BCUT2D eigenvalue weighted by atomic mass is 10.2. The van der Waals surface area contributed by atoms with Gasteiger partial charge in [-0.2, -0.15) is 0 Å². The van der Waals surface area contributed by atoms with Gasteiger partial charge < -0.3 is 4.90 Å². The zero-order chi connectivity index (χ0) is 18.5. The van der Waals surface area contributed by atoms with Crippen LogP contribution in [0.4, 0.5) is 0 Å². The molecular weight excluding hydrogens is 370 g/mol. The van der Waals surface area contributed by atoms with Gasteiger partial charge in [-0.3, -0.25) is 4.79 Å². The summed E-state index contributed by atoms with van der Waals surface area (Å²) in [6.07, 6.45) is 4.65. The Kier molecular flexibility index (Phi) is 6.53. The lowest BCUT2D eigenvalue weighted by Crippen LogP contribution is -2.37. The van der Waals surface area contributed by atoms with E-state index in [-0.39, 0.29) is 11.9 Å². The standard InChI is InChI=1S/C18H24ClN5OS/c1-13(2)23(11-14-6-5-7-15(19)10-14)17(25)12-26-18-20-21-22-24(18)16-8-3-4-9-16/h5-7,10,13,16H,3-4,8-9,11-12H2,1-2H3. The van der Waals surface area contributed by atoms with E-state index < -0.39 is 0 Å². The van der Waals surface area contributed by atoms with Crippen molar-refractivity contribution in [2.24, 2.45) is 0 Å². The van der Waals surface area contributed by atoms with E-state index in [1.54, 1.807) is 0 Å². The van der Waals surface area contributed by atoms with Gasteiger partial charge in [0.2, 0.25) is 11.1 Å². The number of nitrogens with zero attached hydrogens (tertiary/aromatic N) is 5. The van der Waals surface area contributed by atoms with Gasteiger partial charge in [-0.1, -0.05) is 48.3 Å². The van der Waals surface area contributed by atoms with Crippen LogP contribution in [0.25, 0.3) is 0 Å². The van der Waals surface area contributed by atoms with Crippen LogP contribution in [0, 0.1) is 0 Å². The minimum atomic E-state index is 0.0750. The quantitative estimate of drug-likeness (QED) is 0.666. The highest BCUT2D eigenvalue weighted by molar-refractivity contribution is 7.99. The predicted octanol–water partition coefficient (Wildman–Crippen LogP) is 3.97. The van der Waals surface area contributed by atoms with Crippen LogP contribution in [-0.4, -0.2) is 42.8 Å². The monoisotopic (exact) mass is 393 g/mol. The van der Waals surface area contributed by atoms with E-state index in [9.17, 15) is 4.79 Å². The van der Waals surface area contributed by atoms with Crippen LogP contribution in [0.1, 0.15) is 51.1 Å². The highest BCUT2D eigenvalue weighted by Gasteiger charge is 2.23. The van der Waals surface area contributed by atoms with Crippen molar-refractivity contribution in [2.75, 3.05) is 5.75 Å². The first-order valence-electron chi connectivity index (χ1n) is 8.99. The predicted molar refractivity (Wildman–Crippen MR) is 103 cm³/mol. The summed E-state index contributed by atoms with van der Waals surface area (Å²) in [5.74, 6) is 0.400. The molecule has 26 heavy (non-hydrogen) atoms. The number of tetrazole rings is 1. The molecule has 0 bridgehead atoms. The summed E-state index contributed by atoms with van der Waals surface area (Å²) < 4.78 is 1.89. The molecule has 0 spiro atoms.